The summed E-state index contributed by atoms with van der Waals surface area (Å²) in [7, 11) is 1.51. The second-order valence-corrected chi connectivity index (χ2v) is 4.83. The van der Waals surface area contributed by atoms with E-state index < -0.39 is 5.91 Å². The van der Waals surface area contributed by atoms with Gasteiger partial charge < -0.3 is 15.2 Å². The smallest absolute Gasteiger partial charge is 0.259 e. The van der Waals surface area contributed by atoms with Gasteiger partial charge in [-0.15, -0.1) is 0 Å². The van der Waals surface area contributed by atoms with E-state index in [9.17, 15) is 4.79 Å². The molecule has 1 amide bonds. The molecule has 5 nitrogen and oxygen atoms in total. The van der Waals surface area contributed by atoms with Crippen LogP contribution in [0.5, 0.6) is 11.5 Å². The zero-order chi connectivity index (χ0) is 15.1. The van der Waals surface area contributed by atoms with Crippen molar-refractivity contribution in [2.45, 2.75) is 0 Å². The van der Waals surface area contributed by atoms with Crippen molar-refractivity contribution >= 4 is 34.6 Å². The summed E-state index contributed by atoms with van der Waals surface area (Å²) in [5.74, 6) is 0.322. The number of hydrogen-bond donors (Lipinski definition) is 1. The van der Waals surface area contributed by atoms with Crippen molar-refractivity contribution < 1.29 is 14.3 Å². The molecule has 1 aromatic carbocycles. The lowest BCUT2D eigenvalue weighted by atomic mass is 10.1. The lowest BCUT2D eigenvalue weighted by Crippen LogP contribution is -2.12. The molecule has 0 aliphatic heterocycles. The fourth-order valence-corrected chi connectivity index (χ4v) is 2.21. The Morgan fingerprint density at radius 2 is 2.30 bits per heavy atom. The van der Waals surface area contributed by atoms with Gasteiger partial charge in [0, 0.05) is 0 Å². The lowest BCUT2D eigenvalue weighted by Gasteiger charge is -2.12. The van der Waals surface area contributed by atoms with E-state index in [1.807, 2.05) is 0 Å². The molecule has 0 atom stereocenters. The predicted octanol–water partition coefficient (Wildman–Crippen LogP) is 2.26. The molecule has 6 heteroatoms. The van der Waals surface area contributed by atoms with E-state index in [4.69, 9.17) is 20.5 Å². The van der Waals surface area contributed by atoms with Crippen LogP contribution in [0.25, 0.3) is 6.08 Å². The van der Waals surface area contributed by atoms with Crippen LogP contribution in [0.3, 0.4) is 0 Å². The Labute approximate surface area is 130 Å². The summed E-state index contributed by atoms with van der Waals surface area (Å²) >= 11 is 2.08. The van der Waals surface area contributed by atoms with Crippen LogP contribution < -0.4 is 15.2 Å². The molecule has 0 aromatic heterocycles. The number of nitrogens with two attached hydrogens (primary N) is 1. The van der Waals surface area contributed by atoms with Gasteiger partial charge in [-0.25, -0.2) is 0 Å². The van der Waals surface area contributed by atoms with Gasteiger partial charge in [-0.05, 0) is 46.4 Å². The summed E-state index contributed by atoms with van der Waals surface area (Å²) in [6.07, 6.45) is 3.04. The van der Waals surface area contributed by atoms with Crippen LogP contribution in [0.1, 0.15) is 5.56 Å². The van der Waals surface area contributed by atoms with Crippen LogP contribution in [0.2, 0.25) is 0 Å². The highest BCUT2D eigenvalue weighted by Gasteiger charge is 2.12. The largest absolute Gasteiger partial charge is 0.493 e. The normalized spacial score (nSPS) is 10.6. The summed E-state index contributed by atoms with van der Waals surface area (Å²) in [6, 6.07) is 5.19. The first-order chi connectivity index (χ1) is 9.53. The summed E-state index contributed by atoms with van der Waals surface area (Å²) in [4.78, 5) is 11.0. The molecule has 2 N–H and O–H groups in total. The van der Waals surface area contributed by atoms with Crippen LogP contribution in [-0.2, 0) is 4.79 Å². The summed E-state index contributed by atoms with van der Waals surface area (Å²) in [5, 5.41) is 8.84. The molecule has 0 fully saturated rings. The highest BCUT2D eigenvalue weighted by Crippen LogP contribution is 2.34. The Kier molecular flexibility index (Phi) is 6.06. The van der Waals surface area contributed by atoms with Crippen LogP contribution in [0.15, 0.2) is 30.4 Å². The average molecular weight is 384 g/mol. The maximum Gasteiger partial charge on any atom is 0.259 e. The maximum absolute atomic E-state index is 11.0. The van der Waals surface area contributed by atoms with Gasteiger partial charge in [0.25, 0.3) is 5.91 Å². The zero-order valence-electron chi connectivity index (χ0n) is 10.9. The second-order valence-electron chi connectivity index (χ2n) is 3.67. The van der Waals surface area contributed by atoms with E-state index in [1.165, 1.54) is 13.2 Å². The van der Waals surface area contributed by atoms with Gasteiger partial charge in [0.2, 0.25) is 0 Å². The van der Waals surface area contributed by atoms with Crippen molar-refractivity contribution in [1.82, 2.24) is 0 Å². The number of nitrogens with zero attached hydrogens (tertiary/aromatic N) is 1. The highest BCUT2D eigenvalue weighted by molar-refractivity contribution is 14.1. The number of ether oxygens (including phenoxy) is 2. The zero-order valence-corrected chi connectivity index (χ0v) is 13.0. The molecule has 0 saturated heterocycles. The van der Waals surface area contributed by atoms with Gasteiger partial charge in [-0.3, -0.25) is 4.79 Å². The van der Waals surface area contributed by atoms with Crippen molar-refractivity contribution in [1.29, 1.82) is 5.26 Å². The third-order valence-corrected chi connectivity index (χ3v) is 3.10. The molecular formula is C14H13IN2O3. The molecule has 0 spiro atoms. The van der Waals surface area contributed by atoms with E-state index >= 15 is 0 Å². The number of methoxy groups -OCH3 is 1. The standard InChI is InChI=1S/C14H13IN2O3/c1-3-4-20-13-11(15)6-9(7-12(13)19-2)5-10(8-16)14(17)18/h3,5-7H,1,4H2,2H3,(H2,17,18). The molecule has 1 aromatic rings. The number of rotatable bonds is 6. The highest BCUT2D eigenvalue weighted by atomic mass is 127. The van der Waals surface area contributed by atoms with Gasteiger partial charge in [0.15, 0.2) is 11.5 Å². The quantitative estimate of drug-likeness (QED) is 0.353. The first-order valence-corrected chi connectivity index (χ1v) is 6.64. The van der Waals surface area contributed by atoms with Gasteiger partial charge >= 0.3 is 0 Å². The third-order valence-electron chi connectivity index (χ3n) is 2.29. The van der Waals surface area contributed by atoms with Gasteiger partial charge in [-0.2, -0.15) is 5.26 Å². The average Bonchev–Trinajstić information content (AvgIpc) is 2.42. The molecule has 0 aliphatic rings. The molecule has 0 aliphatic carbocycles. The second kappa shape index (κ2) is 7.55. The van der Waals surface area contributed by atoms with Crippen molar-refractivity contribution in [3.05, 3.63) is 39.5 Å². The summed E-state index contributed by atoms with van der Waals surface area (Å²) in [6.45, 7) is 3.94. The van der Waals surface area contributed by atoms with E-state index in [0.717, 1.165) is 3.57 Å². The first kappa shape index (κ1) is 16.0. The minimum atomic E-state index is -0.770. The Balaban J connectivity index is 3.26. The lowest BCUT2D eigenvalue weighted by molar-refractivity contribution is -0.114. The van der Waals surface area contributed by atoms with E-state index in [-0.39, 0.29) is 5.57 Å². The summed E-state index contributed by atoms with van der Waals surface area (Å²) in [5.41, 5.74) is 5.61. The number of hydrogen-bond acceptors (Lipinski definition) is 4. The first-order valence-electron chi connectivity index (χ1n) is 5.56. The molecule has 0 saturated carbocycles. The van der Waals surface area contributed by atoms with Crippen LogP contribution >= 0.6 is 22.6 Å². The minimum Gasteiger partial charge on any atom is -0.493 e. The number of primary amides is 1. The van der Waals surface area contributed by atoms with Crippen LogP contribution in [0, 0.1) is 14.9 Å². The molecule has 0 bridgehead atoms. The molecule has 104 valence electrons. The Morgan fingerprint density at radius 1 is 1.60 bits per heavy atom. The van der Waals surface area contributed by atoms with E-state index in [1.54, 1.807) is 24.3 Å². The Morgan fingerprint density at radius 3 is 2.80 bits per heavy atom. The summed E-state index contributed by atoms with van der Waals surface area (Å²) < 4.78 is 11.5. The molecule has 0 radical (unpaired) electrons. The monoisotopic (exact) mass is 384 g/mol. The van der Waals surface area contributed by atoms with Crippen LogP contribution in [-0.4, -0.2) is 19.6 Å². The Bertz CT molecular complexity index is 603. The third kappa shape index (κ3) is 3.99. The molecule has 20 heavy (non-hydrogen) atoms. The fourth-order valence-electron chi connectivity index (χ4n) is 1.43. The van der Waals surface area contributed by atoms with Gasteiger partial charge in [0.05, 0.1) is 10.7 Å². The maximum atomic E-state index is 11.0. The number of amides is 1. The topological polar surface area (TPSA) is 85.3 Å². The minimum absolute atomic E-state index is 0.123. The number of carbonyl (C=O) groups excluding carboxylic acids is 1. The SMILES string of the molecule is C=CCOc1c(I)cc(C=C(C#N)C(N)=O)cc1OC. The van der Waals surface area contributed by atoms with Crippen LogP contribution in [0.4, 0.5) is 0 Å². The van der Waals surface area contributed by atoms with Crippen molar-refractivity contribution in [2.75, 3.05) is 13.7 Å². The number of nitriles is 1. The number of halogens is 1. The molecule has 1 rings (SSSR count). The van der Waals surface area contributed by atoms with E-state index in [2.05, 4.69) is 29.2 Å². The van der Waals surface area contributed by atoms with Gasteiger partial charge in [-0.1, -0.05) is 12.7 Å². The molecule has 0 unspecified atom stereocenters. The van der Waals surface area contributed by atoms with Crippen molar-refractivity contribution in [3.63, 3.8) is 0 Å². The Hall–Kier alpha value is -2.01. The molecule has 0 heterocycles. The number of benzene rings is 1. The van der Waals surface area contributed by atoms with E-state index in [0.29, 0.717) is 23.7 Å². The fraction of sp³-hybridized carbons (Fsp3) is 0.143. The van der Waals surface area contributed by atoms with Gasteiger partial charge in [0.1, 0.15) is 18.2 Å². The van der Waals surface area contributed by atoms with Crippen molar-refractivity contribution in [2.24, 2.45) is 5.73 Å². The van der Waals surface area contributed by atoms with Crippen molar-refractivity contribution in [3.8, 4) is 17.6 Å². The predicted molar refractivity (Wildman–Crippen MR) is 84.2 cm³/mol. The number of carbonyl (C=O) groups is 1. The molecular weight excluding hydrogens is 371 g/mol.